The van der Waals surface area contributed by atoms with E-state index in [2.05, 4.69) is 5.32 Å². The Morgan fingerprint density at radius 2 is 1.61 bits per heavy atom. The highest BCUT2D eigenvalue weighted by Gasteiger charge is 2.31. The second-order valence-electron chi connectivity index (χ2n) is 6.08. The van der Waals surface area contributed by atoms with Gasteiger partial charge in [0, 0.05) is 12.6 Å². The Kier molecular flexibility index (Phi) is 5.48. The summed E-state index contributed by atoms with van der Waals surface area (Å²) in [6.45, 7) is 4.81. The fraction of sp³-hybridized carbons (Fsp3) is 0.500. The van der Waals surface area contributed by atoms with Gasteiger partial charge in [0.1, 0.15) is 0 Å². The van der Waals surface area contributed by atoms with Gasteiger partial charge in [0.15, 0.2) is 0 Å². The van der Waals surface area contributed by atoms with Gasteiger partial charge >= 0.3 is 6.18 Å². The summed E-state index contributed by atoms with van der Waals surface area (Å²) in [6, 6.07) is 3.12. The maximum absolute atomic E-state index is 12.5. The number of hydrogen-bond acceptors (Lipinski definition) is 3. The first-order valence-electron chi connectivity index (χ1n) is 6.68. The first kappa shape index (κ1) is 19.4. The third-order valence-corrected chi connectivity index (χ3v) is 4.59. The van der Waals surface area contributed by atoms with Crippen LogP contribution >= 0.6 is 0 Å². The third kappa shape index (κ3) is 5.51. The van der Waals surface area contributed by atoms with Crippen molar-refractivity contribution in [3.63, 3.8) is 0 Å². The number of nitrogens with one attached hydrogen (secondary N) is 1. The molecule has 1 N–H and O–H groups in total. The zero-order valence-corrected chi connectivity index (χ0v) is 14.0. The minimum atomic E-state index is -4.54. The minimum Gasteiger partial charge on any atom is -0.350 e. The van der Waals surface area contributed by atoms with Crippen LogP contribution in [0.25, 0.3) is 0 Å². The molecule has 0 saturated heterocycles. The quantitative estimate of drug-likeness (QED) is 0.904. The third-order valence-electron chi connectivity index (χ3n) is 2.77. The number of carbonyl (C=O) groups excluding carboxylic acids is 1. The molecule has 5 nitrogen and oxygen atoms in total. The largest absolute Gasteiger partial charge is 0.416 e. The van der Waals surface area contributed by atoms with Crippen molar-refractivity contribution in [3.05, 3.63) is 29.8 Å². The van der Waals surface area contributed by atoms with E-state index in [0.717, 1.165) is 16.4 Å². The molecule has 1 amide bonds. The SMILES string of the molecule is CN(CC(=O)NC(C)(C)C)S(=O)(=O)c1ccc(C(F)(F)F)cc1. The Hall–Kier alpha value is -1.61. The monoisotopic (exact) mass is 352 g/mol. The van der Waals surface area contributed by atoms with Crippen LogP contribution in [0.3, 0.4) is 0 Å². The lowest BCUT2D eigenvalue weighted by Gasteiger charge is -2.23. The zero-order valence-electron chi connectivity index (χ0n) is 13.2. The summed E-state index contributed by atoms with van der Waals surface area (Å²) in [6.07, 6.45) is -4.54. The van der Waals surface area contributed by atoms with Crippen LogP contribution in [-0.2, 0) is 21.0 Å². The summed E-state index contributed by atoms with van der Waals surface area (Å²) in [5, 5.41) is 2.61. The number of hydrogen-bond donors (Lipinski definition) is 1. The molecule has 9 heteroatoms. The number of nitrogens with zero attached hydrogens (tertiary/aromatic N) is 1. The molecular weight excluding hydrogens is 333 g/mol. The van der Waals surface area contributed by atoms with Gasteiger partial charge in [-0.05, 0) is 45.0 Å². The molecule has 0 aromatic heterocycles. The van der Waals surface area contributed by atoms with Crippen LogP contribution in [0.15, 0.2) is 29.2 Å². The van der Waals surface area contributed by atoms with Crippen molar-refractivity contribution in [1.29, 1.82) is 0 Å². The number of carbonyl (C=O) groups is 1. The molecule has 0 aliphatic rings. The average molecular weight is 352 g/mol. The Morgan fingerprint density at radius 1 is 1.13 bits per heavy atom. The number of benzene rings is 1. The van der Waals surface area contributed by atoms with Gasteiger partial charge in [0.2, 0.25) is 15.9 Å². The fourth-order valence-electron chi connectivity index (χ4n) is 1.74. The van der Waals surface area contributed by atoms with Crippen molar-refractivity contribution in [3.8, 4) is 0 Å². The molecule has 0 bridgehead atoms. The summed E-state index contributed by atoms with van der Waals surface area (Å²) in [5.41, 5.74) is -1.46. The van der Waals surface area contributed by atoms with Gasteiger partial charge in [0.05, 0.1) is 17.0 Å². The second kappa shape index (κ2) is 6.48. The van der Waals surface area contributed by atoms with Crippen molar-refractivity contribution in [2.45, 2.75) is 37.4 Å². The smallest absolute Gasteiger partial charge is 0.350 e. The lowest BCUT2D eigenvalue weighted by molar-refractivity contribution is -0.137. The molecule has 1 rings (SSSR count). The molecule has 0 atom stereocenters. The maximum Gasteiger partial charge on any atom is 0.416 e. The zero-order chi connectivity index (χ0) is 18.1. The second-order valence-corrected chi connectivity index (χ2v) is 8.13. The van der Waals surface area contributed by atoms with Crippen LogP contribution < -0.4 is 5.32 Å². The molecule has 0 saturated carbocycles. The number of halogens is 3. The Balaban J connectivity index is 2.92. The van der Waals surface area contributed by atoms with Gasteiger partial charge in [-0.2, -0.15) is 17.5 Å². The molecule has 0 radical (unpaired) electrons. The average Bonchev–Trinajstić information content (AvgIpc) is 2.35. The topological polar surface area (TPSA) is 66.5 Å². The molecule has 23 heavy (non-hydrogen) atoms. The lowest BCUT2D eigenvalue weighted by Crippen LogP contribution is -2.46. The summed E-state index contributed by atoms with van der Waals surface area (Å²) in [7, 11) is -2.86. The number of likely N-dealkylation sites (N-methyl/N-ethyl adjacent to an activating group) is 1. The number of rotatable bonds is 4. The van der Waals surface area contributed by atoms with Crippen LogP contribution in [0.5, 0.6) is 0 Å². The molecule has 1 aromatic rings. The highest BCUT2D eigenvalue weighted by atomic mass is 32.2. The predicted molar refractivity (Wildman–Crippen MR) is 79.2 cm³/mol. The van der Waals surface area contributed by atoms with Crippen molar-refractivity contribution >= 4 is 15.9 Å². The Labute approximate surface area is 133 Å². The van der Waals surface area contributed by atoms with E-state index in [9.17, 15) is 26.4 Å². The normalized spacial score (nSPS) is 13.2. The van der Waals surface area contributed by atoms with Gasteiger partial charge in [-0.3, -0.25) is 4.79 Å². The molecule has 1 aromatic carbocycles. The number of alkyl halides is 3. The molecule has 0 aliphatic carbocycles. The molecule has 0 aliphatic heterocycles. The van der Waals surface area contributed by atoms with E-state index < -0.39 is 39.8 Å². The van der Waals surface area contributed by atoms with Gasteiger partial charge < -0.3 is 5.32 Å². The van der Waals surface area contributed by atoms with E-state index in [0.29, 0.717) is 12.1 Å². The summed E-state index contributed by atoms with van der Waals surface area (Å²) in [5.74, 6) is -0.504. The Morgan fingerprint density at radius 3 is 2.00 bits per heavy atom. The van der Waals surface area contributed by atoms with Crippen LogP contribution in [0.4, 0.5) is 13.2 Å². The molecule has 130 valence electrons. The van der Waals surface area contributed by atoms with Gasteiger partial charge in [-0.25, -0.2) is 8.42 Å². The van der Waals surface area contributed by atoms with Crippen molar-refractivity contribution in [2.75, 3.05) is 13.6 Å². The first-order chi connectivity index (χ1) is 10.2. The van der Waals surface area contributed by atoms with Crippen LogP contribution in [0.1, 0.15) is 26.3 Å². The summed E-state index contributed by atoms with van der Waals surface area (Å²) >= 11 is 0. The minimum absolute atomic E-state index is 0.309. The van der Waals surface area contributed by atoms with Gasteiger partial charge in [-0.15, -0.1) is 0 Å². The van der Waals surface area contributed by atoms with E-state index >= 15 is 0 Å². The van der Waals surface area contributed by atoms with E-state index in [1.807, 2.05) is 0 Å². The molecule has 0 fully saturated rings. The van der Waals surface area contributed by atoms with Crippen LogP contribution in [0.2, 0.25) is 0 Å². The van der Waals surface area contributed by atoms with Crippen molar-refractivity contribution < 1.29 is 26.4 Å². The van der Waals surface area contributed by atoms with E-state index in [4.69, 9.17) is 0 Å². The van der Waals surface area contributed by atoms with Crippen LogP contribution in [0, 0.1) is 0 Å². The highest BCUT2D eigenvalue weighted by molar-refractivity contribution is 7.89. The van der Waals surface area contributed by atoms with E-state index in [1.165, 1.54) is 7.05 Å². The lowest BCUT2D eigenvalue weighted by atomic mass is 10.1. The molecular formula is C14H19F3N2O3S. The van der Waals surface area contributed by atoms with Crippen molar-refractivity contribution in [1.82, 2.24) is 9.62 Å². The molecule has 0 unspecified atom stereocenters. The van der Waals surface area contributed by atoms with Crippen molar-refractivity contribution in [2.24, 2.45) is 0 Å². The molecule has 0 heterocycles. The van der Waals surface area contributed by atoms with Gasteiger partial charge in [-0.1, -0.05) is 0 Å². The summed E-state index contributed by atoms with van der Waals surface area (Å²) < 4.78 is 62.8. The maximum atomic E-state index is 12.5. The molecule has 0 spiro atoms. The number of sulfonamides is 1. The van der Waals surface area contributed by atoms with Crippen LogP contribution in [-0.4, -0.2) is 37.8 Å². The summed E-state index contributed by atoms with van der Waals surface area (Å²) in [4.78, 5) is 11.5. The Bertz CT molecular complexity index is 662. The highest BCUT2D eigenvalue weighted by Crippen LogP contribution is 2.30. The van der Waals surface area contributed by atoms with E-state index in [1.54, 1.807) is 20.8 Å². The fourth-order valence-corrected chi connectivity index (χ4v) is 2.87. The first-order valence-corrected chi connectivity index (χ1v) is 8.12. The predicted octanol–water partition coefficient (Wildman–Crippen LogP) is 2.24. The van der Waals surface area contributed by atoms with Gasteiger partial charge in [0.25, 0.3) is 0 Å². The number of amides is 1. The standard InChI is InChI=1S/C14H19F3N2O3S/c1-13(2,3)18-12(20)9-19(4)23(21,22)11-7-5-10(6-8-11)14(15,16)17/h5-8H,9H2,1-4H3,(H,18,20). The van der Waals surface area contributed by atoms with E-state index in [-0.39, 0.29) is 4.90 Å².